The summed E-state index contributed by atoms with van der Waals surface area (Å²) in [6.07, 6.45) is 1.67. The highest BCUT2D eigenvalue weighted by molar-refractivity contribution is 14.1. The van der Waals surface area contributed by atoms with Gasteiger partial charge >= 0.3 is 0 Å². The van der Waals surface area contributed by atoms with Gasteiger partial charge in [0.25, 0.3) is 0 Å². The fourth-order valence-electron chi connectivity index (χ4n) is 1.10. The van der Waals surface area contributed by atoms with Crippen molar-refractivity contribution in [2.45, 2.75) is 0 Å². The van der Waals surface area contributed by atoms with E-state index < -0.39 is 0 Å². The number of fused-ring (bicyclic) bond motifs is 1. The molecule has 1 aromatic carbocycles. The number of nitrogens with zero attached hydrogens (tertiary/aromatic N) is 1. The summed E-state index contributed by atoms with van der Waals surface area (Å²) in [4.78, 5) is 4.09. The summed E-state index contributed by atoms with van der Waals surface area (Å²) < 4.78 is 14.1. The standard InChI is InChI=1S/C9H5FIN/c10-7-3-4-8(11)9-6(7)2-1-5-12-9/h1-5H. The number of rotatable bonds is 0. The second-order valence-corrected chi connectivity index (χ2v) is 3.59. The van der Waals surface area contributed by atoms with Crippen LogP contribution in [0.2, 0.25) is 0 Å². The lowest BCUT2D eigenvalue weighted by Crippen LogP contribution is -1.85. The third-order valence-electron chi connectivity index (χ3n) is 1.67. The zero-order chi connectivity index (χ0) is 8.55. The van der Waals surface area contributed by atoms with Crippen LogP contribution in [0, 0.1) is 9.39 Å². The van der Waals surface area contributed by atoms with Crippen LogP contribution in [-0.4, -0.2) is 4.98 Å². The molecule has 1 heterocycles. The maximum absolute atomic E-state index is 13.1. The van der Waals surface area contributed by atoms with Crippen molar-refractivity contribution in [3.63, 3.8) is 0 Å². The molecule has 2 rings (SSSR count). The third-order valence-corrected chi connectivity index (χ3v) is 2.54. The summed E-state index contributed by atoms with van der Waals surface area (Å²) in [7, 11) is 0. The number of benzene rings is 1. The van der Waals surface area contributed by atoms with E-state index in [1.54, 1.807) is 24.4 Å². The minimum atomic E-state index is -0.210. The molecule has 0 aliphatic carbocycles. The van der Waals surface area contributed by atoms with E-state index in [0.29, 0.717) is 5.39 Å². The van der Waals surface area contributed by atoms with Crippen LogP contribution in [0.15, 0.2) is 30.5 Å². The molecule has 0 N–H and O–H groups in total. The van der Waals surface area contributed by atoms with Gasteiger partial charge in [-0.2, -0.15) is 0 Å². The molecule has 0 atom stereocenters. The fraction of sp³-hybridized carbons (Fsp3) is 0. The number of aromatic nitrogens is 1. The predicted octanol–water partition coefficient (Wildman–Crippen LogP) is 2.98. The molecule has 0 aliphatic rings. The van der Waals surface area contributed by atoms with Gasteiger partial charge in [0.2, 0.25) is 0 Å². The summed E-state index contributed by atoms with van der Waals surface area (Å²) in [6, 6.07) is 6.67. The zero-order valence-electron chi connectivity index (χ0n) is 6.09. The lowest BCUT2D eigenvalue weighted by Gasteiger charge is -1.99. The maximum Gasteiger partial charge on any atom is 0.132 e. The van der Waals surface area contributed by atoms with E-state index in [0.717, 1.165) is 9.09 Å². The van der Waals surface area contributed by atoms with Crippen molar-refractivity contribution in [2.24, 2.45) is 0 Å². The SMILES string of the molecule is Fc1ccc(I)c2ncccc12. The van der Waals surface area contributed by atoms with Crippen molar-refractivity contribution in [1.82, 2.24) is 4.98 Å². The van der Waals surface area contributed by atoms with E-state index in [1.165, 1.54) is 6.07 Å². The summed E-state index contributed by atoms with van der Waals surface area (Å²) in [5.41, 5.74) is 0.734. The number of halogens is 2. The summed E-state index contributed by atoms with van der Waals surface area (Å²) in [5, 5.41) is 0.587. The van der Waals surface area contributed by atoms with E-state index in [9.17, 15) is 4.39 Å². The minimum Gasteiger partial charge on any atom is -0.255 e. The Morgan fingerprint density at radius 3 is 2.83 bits per heavy atom. The molecule has 0 amide bonds. The largest absolute Gasteiger partial charge is 0.255 e. The highest BCUT2D eigenvalue weighted by atomic mass is 127. The van der Waals surface area contributed by atoms with Gasteiger partial charge in [0.1, 0.15) is 5.82 Å². The number of pyridine rings is 1. The fourth-order valence-corrected chi connectivity index (χ4v) is 1.71. The molecule has 0 radical (unpaired) electrons. The second-order valence-electron chi connectivity index (χ2n) is 2.43. The first-order valence-corrected chi connectivity index (χ1v) is 4.55. The molecule has 3 heteroatoms. The Kier molecular flexibility index (Phi) is 1.96. The summed E-state index contributed by atoms with van der Waals surface area (Å²) in [6.45, 7) is 0. The molecule has 60 valence electrons. The van der Waals surface area contributed by atoms with Crippen LogP contribution < -0.4 is 0 Å². The van der Waals surface area contributed by atoms with Gasteiger partial charge in [-0.1, -0.05) is 0 Å². The van der Waals surface area contributed by atoms with Crippen molar-refractivity contribution >= 4 is 33.5 Å². The summed E-state index contributed by atoms with van der Waals surface area (Å²) >= 11 is 2.15. The normalized spacial score (nSPS) is 10.5. The smallest absolute Gasteiger partial charge is 0.132 e. The number of hydrogen-bond acceptors (Lipinski definition) is 1. The van der Waals surface area contributed by atoms with Gasteiger partial charge < -0.3 is 0 Å². The van der Waals surface area contributed by atoms with Gasteiger partial charge in [-0.3, -0.25) is 4.98 Å². The molecular formula is C9H5FIN. The van der Waals surface area contributed by atoms with Crippen LogP contribution in [0.4, 0.5) is 4.39 Å². The zero-order valence-corrected chi connectivity index (χ0v) is 8.25. The lowest BCUT2D eigenvalue weighted by atomic mass is 10.2. The van der Waals surface area contributed by atoms with E-state index in [1.807, 2.05) is 0 Å². The van der Waals surface area contributed by atoms with Crippen LogP contribution in [0.5, 0.6) is 0 Å². The average molecular weight is 273 g/mol. The monoisotopic (exact) mass is 273 g/mol. The first kappa shape index (κ1) is 7.91. The predicted molar refractivity (Wildman–Crippen MR) is 54.4 cm³/mol. The molecule has 0 spiro atoms. The van der Waals surface area contributed by atoms with Crippen LogP contribution >= 0.6 is 22.6 Å². The van der Waals surface area contributed by atoms with Crippen LogP contribution in [-0.2, 0) is 0 Å². The lowest BCUT2D eigenvalue weighted by molar-refractivity contribution is 0.639. The van der Waals surface area contributed by atoms with Crippen molar-refractivity contribution < 1.29 is 4.39 Å². The van der Waals surface area contributed by atoms with Crippen LogP contribution in [0.25, 0.3) is 10.9 Å². The quantitative estimate of drug-likeness (QED) is 0.672. The molecule has 1 aromatic heterocycles. The number of hydrogen-bond donors (Lipinski definition) is 0. The van der Waals surface area contributed by atoms with Crippen molar-refractivity contribution in [3.05, 3.63) is 39.8 Å². The van der Waals surface area contributed by atoms with E-state index >= 15 is 0 Å². The first-order valence-electron chi connectivity index (χ1n) is 3.48. The Balaban J connectivity index is 2.95. The average Bonchev–Trinajstić information content (AvgIpc) is 2.12. The van der Waals surface area contributed by atoms with Gasteiger partial charge in [-0.05, 0) is 46.9 Å². The van der Waals surface area contributed by atoms with Crippen molar-refractivity contribution in [2.75, 3.05) is 0 Å². The molecule has 0 fully saturated rings. The van der Waals surface area contributed by atoms with Gasteiger partial charge in [0, 0.05) is 15.2 Å². The highest BCUT2D eigenvalue weighted by Gasteiger charge is 2.02. The van der Waals surface area contributed by atoms with Crippen LogP contribution in [0.1, 0.15) is 0 Å². The highest BCUT2D eigenvalue weighted by Crippen LogP contribution is 2.20. The first-order chi connectivity index (χ1) is 5.79. The molecule has 0 bridgehead atoms. The topological polar surface area (TPSA) is 12.9 Å². The molecule has 2 aromatic rings. The Morgan fingerprint density at radius 1 is 1.25 bits per heavy atom. The molecule has 0 aliphatic heterocycles. The van der Waals surface area contributed by atoms with E-state index in [4.69, 9.17) is 0 Å². The molecule has 0 saturated carbocycles. The summed E-state index contributed by atoms with van der Waals surface area (Å²) in [5.74, 6) is -0.210. The third kappa shape index (κ3) is 1.18. The van der Waals surface area contributed by atoms with Crippen molar-refractivity contribution in [3.8, 4) is 0 Å². The molecule has 0 unspecified atom stereocenters. The molecular weight excluding hydrogens is 268 g/mol. The second kappa shape index (κ2) is 2.97. The minimum absolute atomic E-state index is 0.210. The Bertz CT molecular complexity index is 387. The molecule has 0 saturated heterocycles. The van der Waals surface area contributed by atoms with Gasteiger partial charge in [0.05, 0.1) is 5.52 Å². The van der Waals surface area contributed by atoms with E-state index in [-0.39, 0.29) is 5.82 Å². The maximum atomic E-state index is 13.1. The van der Waals surface area contributed by atoms with Crippen molar-refractivity contribution in [1.29, 1.82) is 0 Å². The van der Waals surface area contributed by atoms with Gasteiger partial charge in [0.15, 0.2) is 0 Å². The Hall–Kier alpha value is -0.710. The van der Waals surface area contributed by atoms with Gasteiger partial charge in [-0.15, -0.1) is 0 Å². The Morgan fingerprint density at radius 2 is 2.08 bits per heavy atom. The van der Waals surface area contributed by atoms with E-state index in [2.05, 4.69) is 27.6 Å². The van der Waals surface area contributed by atoms with Gasteiger partial charge in [-0.25, -0.2) is 4.39 Å². The molecule has 12 heavy (non-hydrogen) atoms. The Labute approximate surface area is 82.8 Å². The molecule has 1 nitrogen and oxygen atoms in total. The van der Waals surface area contributed by atoms with Crippen LogP contribution in [0.3, 0.4) is 0 Å².